The van der Waals surface area contributed by atoms with Crippen LogP contribution in [0.25, 0.3) is 0 Å². The van der Waals surface area contributed by atoms with Gasteiger partial charge in [0.2, 0.25) is 5.91 Å². The van der Waals surface area contributed by atoms with Crippen molar-refractivity contribution in [2.24, 2.45) is 11.5 Å². The van der Waals surface area contributed by atoms with Gasteiger partial charge in [-0.15, -0.1) is 0 Å². The number of amides is 1. The zero-order chi connectivity index (χ0) is 11.2. The van der Waals surface area contributed by atoms with Crippen molar-refractivity contribution in [3.63, 3.8) is 0 Å². The van der Waals surface area contributed by atoms with E-state index in [4.69, 9.17) is 11.5 Å². The summed E-state index contributed by atoms with van der Waals surface area (Å²) in [6, 6.07) is 0. The molecule has 0 saturated heterocycles. The van der Waals surface area contributed by atoms with Crippen LogP contribution >= 0.6 is 0 Å². The van der Waals surface area contributed by atoms with Gasteiger partial charge in [0.25, 0.3) is 0 Å². The van der Waals surface area contributed by atoms with Crippen molar-refractivity contribution >= 4 is 5.91 Å². The summed E-state index contributed by atoms with van der Waals surface area (Å²) in [7, 11) is 0. The highest BCUT2D eigenvalue weighted by molar-refractivity contribution is 5.73. The minimum atomic E-state index is -0.273. The topological polar surface area (TPSA) is 69.1 Å². The summed E-state index contributed by atoms with van der Waals surface area (Å²) in [6.07, 6.45) is 8.13. The molecule has 3 heteroatoms. The average molecular weight is 202 g/mol. The first-order valence-corrected chi connectivity index (χ1v) is 5.67. The Bertz CT molecular complexity index is 112. The van der Waals surface area contributed by atoms with Gasteiger partial charge in [0.05, 0.1) is 0 Å². The maximum atomic E-state index is 9.92. The molecule has 0 aliphatic rings. The van der Waals surface area contributed by atoms with Gasteiger partial charge in [0.1, 0.15) is 0 Å². The summed E-state index contributed by atoms with van der Waals surface area (Å²) in [5.74, 6) is -0.273. The second-order valence-corrected chi connectivity index (χ2v) is 3.42. The van der Waals surface area contributed by atoms with Gasteiger partial charge >= 0.3 is 0 Å². The number of rotatable bonds is 7. The van der Waals surface area contributed by atoms with Crippen LogP contribution in [0.5, 0.6) is 0 Å². The molecule has 0 bridgehead atoms. The molecule has 0 aromatic carbocycles. The van der Waals surface area contributed by atoms with E-state index < -0.39 is 0 Å². The fourth-order valence-corrected chi connectivity index (χ4v) is 0.953. The summed E-state index contributed by atoms with van der Waals surface area (Å²) < 4.78 is 0. The Balaban J connectivity index is 0. The lowest BCUT2D eigenvalue weighted by molar-refractivity contribution is -0.118. The zero-order valence-corrected chi connectivity index (χ0v) is 9.72. The largest absolute Gasteiger partial charge is 0.370 e. The van der Waals surface area contributed by atoms with Crippen LogP contribution in [0.1, 0.15) is 58.8 Å². The smallest absolute Gasteiger partial charge is 0.217 e. The second-order valence-electron chi connectivity index (χ2n) is 3.42. The van der Waals surface area contributed by atoms with Crippen LogP contribution in [0.3, 0.4) is 0 Å². The van der Waals surface area contributed by atoms with Crippen molar-refractivity contribution in [2.45, 2.75) is 58.8 Å². The quantitative estimate of drug-likeness (QED) is 0.621. The predicted octanol–water partition coefficient (Wildman–Crippen LogP) is 2.19. The molecular formula is C11H26N2O. The van der Waals surface area contributed by atoms with Gasteiger partial charge in [-0.25, -0.2) is 0 Å². The Morgan fingerprint density at radius 1 is 1.00 bits per heavy atom. The minimum Gasteiger partial charge on any atom is -0.370 e. The molecule has 4 N–H and O–H groups in total. The van der Waals surface area contributed by atoms with E-state index in [0.29, 0.717) is 19.4 Å². The van der Waals surface area contributed by atoms with Crippen LogP contribution in [-0.2, 0) is 4.79 Å². The first-order chi connectivity index (χ1) is 6.68. The van der Waals surface area contributed by atoms with Gasteiger partial charge in [-0.05, 0) is 13.0 Å². The Kier molecular flexibility index (Phi) is 16.9. The summed E-state index contributed by atoms with van der Waals surface area (Å²) in [5, 5.41) is 0. The van der Waals surface area contributed by atoms with Crippen LogP contribution in [-0.4, -0.2) is 12.5 Å². The van der Waals surface area contributed by atoms with Crippen LogP contribution in [0.2, 0.25) is 0 Å². The third kappa shape index (κ3) is 22.5. The Labute approximate surface area is 88.2 Å². The van der Waals surface area contributed by atoms with Crippen molar-refractivity contribution in [1.82, 2.24) is 0 Å². The number of primary amides is 1. The maximum absolute atomic E-state index is 9.92. The normalized spacial score (nSPS) is 9.07. The molecule has 1 amide bonds. The van der Waals surface area contributed by atoms with Crippen molar-refractivity contribution < 1.29 is 4.79 Å². The number of nitrogens with two attached hydrogens (primary N) is 2. The number of unbranched alkanes of at least 4 members (excludes halogenated alkanes) is 4. The first-order valence-electron chi connectivity index (χ1n) is 5.67. The Morgan fingerprint density at radius 2 is 1.50 bits per heavy atom. The lowest BCUT2D eigenvalue weighted by Gasteiger charge is -1.90. The van der Waals surface area contributed by atoms with E-state index in [0.717, 1.165) is 0 Å². The molecule has 0 aliphatic carbocycles. The number of carbonyl (C=O) groups is 1. The summed E-state index contributed by atoms with van der Waals surface area (Å²) in [6.45, 7) is 5.04. The van der Waals surface area contributed by atoms with Crippen LogP contribution in [0.4, 0.5) is 0 Å². The number of carbonyl (C=O) groups excluding carboxylic acids is 1. The Morgan fingerprint density at radius 3 is 1.71 bits per heavy atom. The van der Waals surface area contributed by atoms with Crippen molar-refractivity contribution in [1.29, 1.82) is 0 Å². The number of hydrogen-bond donors (Lipinski definition) is 2. The van der Waals surface area contributed by atoms with E-state index in [-0.39, 0.29) is 5.91 Å². The zero-order valence-electron chi connectivity index (χ0n) is 9.72. The molecule has 0 unspecified atom stereocenters. The average Bonchev–Trinajstić information content (AvgIpc) is 2.16. The van der Waals surface area contributed by atoms with Crippen molar-refractivity contribution in [3.8, 4) is 0 Å². The van der Waals surface area contributed by atoms with Gasteiger partial charge in [-0.1, -0.05) is 46.0 Å². The monoisotopic (exact) mass is 202 g/mol. The summed E-state index contributed by atoms with van der Waals surface area (Å²) in [5.41, 5.74) is 9.85. The first kappa shape index (κ1) is 15.9. The van der Waals surface area contributed by atoms with E-state index in [1.165, 1.54) is 32.1 Å². The van der Waals surface area contributed by atoms with Crippen LogP contribution in [0, 0.1) is 0 Å². The van der Waals surface area contributed by atoms with Crippen molar-refractivity contribution in [2.75, 3.05) is 6.54 Å². The molecule has 0 spiro atoms. The maximum Gasteiger partial charge on any atom is 0.217 e. The molecule has 0 fully saturated rings. The van der Waals surface area contributed by atoms with Crippen LogP contribution in [0.15, 0.2) is 0 Å². The van der Waals surface area contributed by atoms with E-state index in [1.54, 1.807) is 0 Å². The van der Waals surface area contributed by atoms with Crippen LogP contribution < -0.4 is 11.5 Å². The fourth-order valence-electron chi connectivity index (χ4n) is 0.953. The fraction of sp³-hybridized carbons (Fsp3) is 0.909. The highest BCUT2D eigenvalue weighted by Crippen LogP contribution is 2.00. The molecule has 3 nitrogen and oxygen atoms in total. The van der Waals surface area contributed by atoms with Gasteiger partial charge in [0.15, 0.2) is 0 Å². The van der Waals surface area contributed by atoms with Gasteiger partial charge in [-0.3, -0.25) is 4.79 Å². The summed E-state index contributed by atoms with van der Waals surface area (Å²) >= 11 is 0. The van der Waals surface area contributed by atoms with Gasteiger partial charge in [-0.2, -0.15) is 0 Å². The van der Waals surface area contributed by atoms with E-state index >= 15 is 0 Å². The van der Waals surface area contributed by atoms with E-state index in [9.17, 15) is 4.79 Å². The Hall–Kier alpha value is -0.570. The van der Waals surface area contributed by atoms with Gasteiger partial charge < -0.3 is 11.5 Å². The van der Waals surface area contributed by atoms with E-state index in [1.807, 2.05) is 0 Å². The number of hydrogen-bond acceptors (Lipinski definition) is 2. The molecule has 0 saturated carbocycles. The molecular weight excluding hydrogens is 176 g/mol. The molecule has 86 valence electrons. The second kappa shape index (κ2) is 14.9. The highest BCUT2D eigenvalue weighted by Gasteiger charge is 1.88. The van der Waals surface area contributed by atoms with Crippen molar-refractivity contribution in [3.05, 3.63) is 0 Å². The SMILES string of the molecule is CCCCCCC.NCCCC(N)=O. The summed E-state index contributed by atoms with van der Waals surface area (Å²) in [4.78, 5) is 9.92. The lowest BCUT2D eigenvalue weighted by atomic mass is 10.2. The standard InChI is InChI=1S/C7H16.C4H10N2O/c1-3-5-7-6-4-2;5-3-1-2-4(6)7/h3-7H2,1-2H3;1-3,5H2,(H2,6,7). The lowest BCUT2D eigenvalue weighted by Crippen LogP contribution is -2.12. The molecule has 0 rings (SSSR count). The molecule has 0 atom stereocenters. The third-order valence-corrected chi connectivity index (χ3v) is 1.83. The molecule has 0 radical (unpaired) electrons. The van der Waals surface area contributed by atoms with Gasteiger partial charge in [0, 0.05) is 6.42 Å². The molecule has 14 heavy (non-hydrogen) atoms. The molecule has 0 heterocycles. The predicted molar refractivity (Wildman–Crippen MR) is 61.9 cm³/mol. The molecule has 0 aromatic rings. The third-order valence-electron chi connectivity index (χ3n) is 1.83. The van der Waals surface area contributed by atoms with E-state index in [2.05, 4.69) is 13.8 Å². The highest BCUT2D eigenvalue weighted by atomic mass is 16.1. The molecule has 0 aliphatic heterocycles. The molecule has 0 aromatic heterocycles. The minimum absolute atomic E-state index is 0.273.